The molecule has 0 aromatic carbocycles. The van der Waals surface area contributed by atoms with Crippen LogP contribution >= 0.6 is 0 Å². The zero-order chi connectivity index (χ0) is 13.5. The number of hydrogen-bond donors (Lipinski definition) is 0. The number of carbonyl (C=O) groups excluding carboxylic acids is 1. The number of rotatable bonds is 12. The summed E-state index contributed by atoms with van der Waals surface area (Å²) in [4.78, 5) is 11.1. The average Bonchev–Trinajstić information content (AvgIpc) is 2.38. The molecule has 0 unspecified atom stereocenters. The van der Waals surface area contributed by atoms with Crippen molar-refractivity contribution in [3.8, 4) is 0 Å². The van der Waals surface area contributed by atoms with Crippen molar-refractivity contribution in [1.82, 2.24) is 0 Å². The van der Waals surface area contributed by atoms with Gasteiger partial charge in [-0.3, -0.25) is 0 Å². The van der Waals surface area contributed by atoms with Gasteiger partial charge in [-0.2, -0.15) is 0 Å². The van der Waals surface area contributed by atoms with Crippen LogP contribution in [0.5, 0.6) is 0 Å². The van der Waals surface area contributed by atoms with Crippen LogP contribution in [-0.2, 0) is 18.9 Å². The first-order chi connectivity index (χ1) is 8.81. The lowest BCUT2D eigenvalue weighted by molar-refractivity contribution is 0.0522. The standard InChI is InChI=1S/C13H26O5/c1-15-9-5-3-7-11-17-13(14)18-12-8-4-6-10-16-2/h3-12H2,1-2H3. The summed E-state index contributed by atoms with van der Waals surface area (Å²) in [5, 5.41) is 0. The summed E-state index contributed by atoms with van der Waals surface area (Å²) in [6.45, 7) is 2.36. The van der Waals surface area contributed by atoms with Gasteiger partial charge in [0, 0.05) is 27.4 Å². The molecule has 0 aromatic heterocycles. The first-order valence-electron chi connectivity index (χ1n) is 6.58. The third-order valence-corrected chi connectivity index (χ3v) is 2.43. The molecule has 0 fully saturated rings. The molecule has 0 aliphatic heterocycles. The van der Waals surface area contributed by atoms with Crippen molar-refractivity contribution in [2.75, 3.05) is 40.6 Å². The third kappa shape index (κ3) is 13.3. The first-order valence-corrected chi connectivity index (χ1v) is 6.58. The average molecular weight is 262 g/mol. The van der Waals surface area contributed by atoms with Crippen LogP contribution in [-0.4, -0.2) is 46.8 Å². The van der Waals surface area contributed by atoms with E-state index in [1.54, 1.807) is 14.2 Å². The monoisotopic (exact) mass is 262 g/mol. The van der Waals surface area contributed by atoms with Crippen molar-refractivity contribution in [1.29, 1.82) is 0 Å². The smallest absolute Gasteiger partial charge is 0.434 e. The van der Waals surface area contributed by atoms with E-state index in [9.17, 15) is 4.79 Å². The second-order valence-corrected chi connectivity index (χ2v) is 4.05. The molecule has 0 saturated carbocycles. The molecular formula is C13H26O5. The number of methoxy groups -OCH3 is 2. The summed E-state index contributed by atoms with van der Waals surface area (Å²) < 4.78 is 19.7. The van der Waals surface area contributed by atoms with Gasteiger partial charge in [-0.25, -0.2) is 4.79 Å². The molecule has 0 rings (SSSR count). The molecule has 5 nitrogen and oxygen atoms in total. The van der Waals surface area contributed by atoms with E-state index in [0.29, 0.717) is 13.2 Å². The van der Waals surface area contributed by atoms with E-state index in [4.69, 9.17) is 18.9 Å². The van der Waals surface area contributed by atoms with Crippen LogP contribution in [0.3, 0.4) is 0 Å². The van der Waals surface area contributed by atoms with Gasteiger partial charge in [-0.05, 0) is 38.5 Å². The van der Waals surface area contributed by atoms with Crippen LogP contribution in [0.1, 0.15) is 38.5 Å². The van der Waals surface area contributed by atoms with Crippen LogP contribution in [0.4, 0.5) is 4.79 Å². The fourth-order valence-electron chi connectivity index (χ4n) is 1.40. The highest BCUT2D eigenvalue weighted by Gasteiger charge is 2.02. The van der Waals surface area contributed by atoms with Crippen molar-refractivity contribution in [3.05, 3.63) is 0 Å². The second-order valence-electron chi connectivity index (χ2n) is 4.05. The quantitative estimate of drug-likeness (QED) is 0.400. The van der Waals surface area contributed by atoms with Gasteiger partial charge < -0.3 is 18.9 Å². The second kappa shape index (κ2) is 14.3. The van der Waals surface area contributed by atoms with Crippen LogP contribution in [0.15, 0.2) is 0 Å². The molecule has 0 aliphatic rings. The largest absolute Gasteiger partial charge is 0.508 e. The summed E-state index contributed by atoms with van der Waals surface area (Å²) in [5.74, 6) is 0. The fourth-order valence-corrected chi connectivity index (χ4v) is 1.40. The zero-order valence-corrected chi connectivity index (χ0v) is 11.6. The van der Waals surface area contributed by atoms with Gasteiger partial charge in [0.05, 0.1) is 13.2 Å². The molecule has 0 heterocycles. The topological polar surface area (TPSA) is 54.0 Å². The highest BCUT2D eigenvalue weighted by molar-refractivity contribution is 5.59. The minimum Gasteiger partial charge on any atom is -0.434 e. The summed E-state index contributed by atoms with van der Waals surface area (Å²) in [6, 6.07) is 0. The maximum atomic E-state index is 11.1. The van der Waals surface area contributed by atoms with E-state index in [2.05, 4.69) is 0 Å². The maximum Gasteiger partial charge on any atom is 0.508 e. The van der Waals surface area contributed by atoms with E-state index in [-0.39, 0.29) is 0 Å². The zero-order valence-electron chi connectivity index (χ0n) is 11.6. The highest BCUT2D eigenvalue weighted by atomic mass is 16.7. The predicted molar refractivity (Wildman–Crippen MR) is 68.8 cm³/mol. The summed E-state index contributed by atoms with van der Waals surface area (Å²) in [6.07, 6.45) is 5.13. The Kier molecular flexibility index (Phi) is 13.6. The molecule has 0 N–H and O–H groups in total. The lowest BCUT2D eigenvalue weighted by atomic mass is 10.2. The molecular weight excluding hydrogens is 236 g/mol. The van der Waals surface area contributed by atoms with Gasteiger partial charge in [0.15, 0.2) is 0 Å². The van der Waals surface area contributed by atoms with Crippen molar-refractivity contribution >= 4 is 6.16 Å². The Bertz CT molecular complexity index is 166. The molecule has 5 heteroatoms. The third-order valence-electron chi connectivity index (χ3n) is 2.43. The fraction of sp³-hybridized carbons (Fsp3) is 0.923. The Labute approximate surface area is 110 Å². The molecule has 18 heavy (non-hydrogen) atoms. The maximum absolute atomic E-state index is 11.1. The van der Waals surface area contributed by atoms with Gasteiger partial charge in [0.1, 0.15) is 0 Å². The van der Waals surface area contributed by atoms with Crippen molar-refractivity contribution < 1.29 is 23.7 Å². The Morgan fingerprint density at radius 2 is 1.06 bits per heavy atom. The Morgan fingerprint density at radius 3 is 1.44 bits per heavy atom. The van der Waals surface area contributed by atoms with Gasteiger partial charge >= 0.3 is 6.16 Å². The van der Waals surface area contributed by atoms with Crippen molar-refractivity contribution in [3.63, 3.8) is 0 Å². The molecule has 0 aliphatic carbocycles. The summed E-state index contributed by atoms with van der Waals surface area (Å²) in [7, 11) is 3.36. The van der Waals surface area contributed by atoms with Crippen molar-refractivity contribution in [2.24, 2.45) is 0 Å². The molecule has 0 amide bonds. The van der Waals surface area contributed by atoms with Crippen molar-refractivity contribution in [2.45, 2.75) is 38.5 Å². The number of carbonyl (C=O) groups is 1. The Morgan fingerprint density at radius 1 is 0.667 bits per heavy atom. The molecule has 0 radical (unpaired) electrons. The van der Waals surface area contributed by atoms with E-state index in [0.717, 1.165) is 51.7 Å². The van der Waals surface area contributed by atoms with Crippen LogP contribution in [0.25, 0.3) is 0 Å². The first kappa shape index (κ1) is 17.2. The molecule has 108 valence electrons. The van der Waals surface area contributed by atoms with E-state index < -0.39 is 6.16 Å². The summed E-state index contributed by atoms with van der Waals surface area (Å²) >= 11 is 0. The SMILES string of the molecule is COCCCCCOC(=O)OCCCCCOC. The molecule has 0 bridgehead atoms. The summed E-state index contributed by atoms with van der Waals surface area (Å²) in [5.41, 5.74) is 0. The minimum atomic E-state index is -0.562. The Hall–Kier alpha value is -0.810. The van der Waals surface area contributed by atoms with E-state index >= 15 is 0 Å². The van der Waals surface area contributed by atoms with Crippen LogP contribution in [0, 0.1) is 0 Å². The van der Waals surface area contributed by atoms with Gasteiger partial charge in [0.2, 0.25) is 0 Å². The lowest BCUT2D eigenvalue weighted by Crippen LogP contribution is -2.09. The Balaban J connectivity index is 3.12. The number of unbranched alkanes of at least 4 members (excludes halogenated alkanes) is 4. The van der Waals surface area contributed by atoms with Gasteiger partial charge in [0.25, 0.3) is 0 Å². The van der Waals surface area contributed by atoms with E-state index in [1.807, 2.05) is 0 Å². The normalized spacial score (nSPS) is 10.3. The van der Waals surface area contributed by atoms with Crippen LogP contribution in [0.2, 0.25) is 0 Å². The molecule has 0 atom stereocenters. The highest BCUT2D eigenvalue weighted by Crippen LogP contribution is 1.99. The lowest BCUT2D eigenvalue weighted by Gasteiger charge is -2.06. The van der Waals surface area contributed by atoms with Crippen LogP contribution < -0.4 is 0 Å². The number of hydrogen-bond acceptors (Lipinski definition) is 5. The number of ether oxygens (including phenoxy) is 4. The minimum absolute atomic E-state index is 0.423. The van der Waals surface area contributed by atoms with E-state index in [1.165, 1.54) is 0 Å². The van der Waals surface area contributed by atoms with Gasteiger partial charge in [-0.1, -0.05) is 0 Å². The predicted octanol–water partition coefficient (Wildman–Crippen LogP) is 2.77. The molecule has 0 spiro atoms. The molecule has 0 aromatic rings. The molecule has 0 saturated heterocycles. The van der Waals surface area contributed by atoms with Gasteiger partial charge in [-0.15, -0.1) is 0 Å².